The van der Waals surface area contributed by atoms with Crippen molar-refractivity contribution in [1.82, 2.24) is 29.6 Å². The van der Waals surface area contributed by atoms with Crippen molar-refractivity contribution in [3.8, 4) is 17.1 Å². The highest BCUT2D eigenvalue weighted by atomic mass is 16.5. The van der Waals surface area contributed by atoms with Gasteiger partial charge < -0.3 is 19.6 Å². The Kier molecular flexibility index (Phi) is 5.15. The van der Waals surface area contributed by atoms with E-state index in [4.69, 9.17) is 9.26 Å². The van der Waals surface area contributed by atoms with Crippen molar-refractivity contribution in [2.75, 3.05) is 13.7 Å². The molecule has 0 radical (unpaired) electrons. The number of imidazole rings is 1. The zero-order chi connectivity index (χ0) is 22.1. The number of H-pyrrole nitrogens is 1. The third-order valence-electron chi connectivity index (χ3n) is 4.91. The number of benzene rings is 1. The van der Waals surface area contributed by atoms with E-state index < -0.39 is 17.2 Å². The Bertz CT molecular complexity index is 1380. The summed E-state index contributed by atoms with van der Waals surface area (Å²) in [6.07, 6.45) is 0.334. The van der Waals surface area contributed by atoms with Gasteiger partial charge in [-0.2, -0.15) is 0 Å². The molecule has 11 nitrogen and oxygen atoms in total. The Morgan fingerprint density at radius 2 is 1.94 bits per heavy atom. The fraction of sp³-hybridized carbons (Fsp3) is 0.250. The van der Waals surface area contributed by atoms with Crippen LogP contribution < -0.4 is 21.3 Å². The lowest BCUT2D eigenvalue weighted by Gasteiger charge is -2.00. The summed E-state index contributed by atoms with van der Waals surface area (Å²) in [6.45, 7) is 0.248. The molecule has 11 heteroatoms. The molecule has 0 spiro atoms. The highest BCUT2D eigenvalue weighted by Gasteiger charge is 2.15. The third kappa shape index (κ3) is 3.72. The molecule has 4 aromatic rings. The first kappa shape index (κ1) is 20.1. The number of nitrogens with zero attached hydrogens (tertiary/aromatic N) is 4. The number of aromatic amines is 1. The van der Waals surface area contributed by atoms with Crippen molar-refractivity contribution in [2.24, 2.45) is 14.1 Å². The molecule has 0 aliphatic rings. The lowest BCUT2D eigenvalue weighted by atomic mass is 10.1. The van der Waals surface area contributed by atoms with Crippen LogP contribution in [0.3, 0.4) is 0 Å². The molecule has 0 fully saturated rings. The SMILES string of the molecule is COc1ccc(-c2cc(C(=O)NCCc3nc4c([nH]3)c(=O)n(C)c(=O)n4C)no2)cc1. The minimum absolute atomic E-state index is 0.145. The smallest absolute Gasteiger partial charge is 0.332 e. The van der Waals surface area contributed by atoms with Gasteiger partial charge in [-0.3, -0.25) is 18.7 Å². The van der Waals surface area contributed by atoms with E-state index in [0.29, 0.717) is 23.8 Å². The Balaban J connectivity index is 1.42. The Morgan fingerprint density at radius 3 is 2.65 bits per heavy atom. The van der Waals surface area contributed by atoms with Gasteiger partial charge in [0.2, 0.25) is 0 Å². The first-order valence-corrected chi connectivity index (χ1v) is 9.43. The van der Waals surface area contributed by atoms with E-state index in [1.165, 1.54) is 11.6 Å². The molecule has 1 amide bonds. The molecule has 0 aliphatic heterocycles. The Labute approximate surface area is 175 Å². The quantitative estimate of drug-likeness (QED) is 0.462. The molecular weight excluding hydrogens is 404 g/mol. The van der Waals surface area contributed by atoms with Crippen molar-refractivity contribution in [2.45, 2.75) is 6.42 Å². The summed E-state index contributed by atoms with van der Waals surface area (Å²) in [5.74, 6) is 1.25. The van der Waals surface area contributed by atoms with E-state index in [0.717, 1.165) is 10.1 Å². The first-order chi connectivity index (χ1) is 14.9. The summed E-state index contributed by atoms with van der Waals surface area (Å²) in [7, 11) is 4.53. The standard InChI is InChI=1S/C20H20N6O5/c1-25-17-16(19(28)26(2)20(25)29)22-15(23-17)8-9-21-18(27)13-10-14(31-24-13)11-4-6-12(30-3)7-5-11/h4-7,10H,8-9H2,1-3H3,(H,21,27)(H,22,23). The van der Waals surface area contributed by atoms with Crippen molar-refractivity contribution >= 4 is 17.1 Å². The first-order valence-electron chi connectivity index (χ1n) is 9.43. The molecule has 2 N–H and O–H groups in total. The van der Waals surface area contributed by atoms with Gasteiger partial charge in [0.25, 0.3) is 11.5 Å². The number of ether oxygens (including phenoxy) is 1. The summed E-state index contributed by atoms with van der Waals surface area (Å²) in [5.41, 5.74) is 0.521. The van der Waals surface area contributed by atoms with Crippen LogP contribution in [-0.2, 0) is 20.5 Å². The van der Waals surface area contributed by atoms with Crippen LogP contribution in [0.15, 0.2) is 44.4 Å². The molecule has 3 aromatic heterocycles. The monoisotopic (exact) mass is 424 g/mol. The molecule has 0 saturated carbocycles. The van der Waals surface area contributed by atoms with Gasteiger partial charge in [-0.15, -0.1) is 0 Å². The van der Waals surface area contributed by atoms with Gasteiger partial charge in [0.15, 0.2) is 17.1 Å². The topological polar surface area (TPSA) is 137 Å². The van der Waals surface area contributed by atoms with Gasteiger partial charge in [0.1, 0.15) is 17.1 Å². The predicted octanol–water partition coefficient (Wildman–Crippen LogP) is 0.596. The largest absolute Gasteiger partial charge is 0.497 e. The zero-order valence-electron chi connectivity index (χ0n) is 17.1. The summed E-state index contributed by atoms with van der Waals surface area (Å²) in [4.78, 5) is 43.8. The molecule has 0 atom stereocenters. The second-order valence-corrected chi connectivity index (χ2v) is 6.90. The van der Waals surface area contributed by atoms with Gasteiger partial charge in [-0.1, -0.05) is 5.16 Å². The average molecular weight is 424 g/mol. The highest BCUT2D eigenvalue weighted by molar-refractivity contribution is 5.93. The maximum atomic E-state index is 12.4. The molecule has 0 aliphatic carbocycles. The molecule has 0 unspecified atom stereocenters. The van der Waals surface area contributed by atoms with Crippen molar-refractivity contribution in [3.05, 3.63) is 62.7 Å². The third-order valence-corrected chi connectivity index (χ3v) is 4.91. The van der Waals surface area contributed by atoms with E-state index in [1.807, 2.05) is 0 Å². The normalized spacial score (nSPS) is 11.1. The summed E-state index contributed by atoms with van der Waals surface area (Å²) in [5, 5.41) is 6.55. The number of amides is 1. The fourth-order valence-corrected chi connectivity index (χ4v) is 3.15. The summed E-state index contributed by atoms with van der Waals surface area (Å²) >= 11 is 0. The predicted molar refractivity (Wildman–Crippen MR) is 111 cm³/mol. The molecule has 1 aromatic carbocycles. The van der Waals surface area contributed by atoms with Gasteiger partial charge in [-0.05, 0) is 24.3 Å². The lowest BCUT2D eigenvalue weighted by molar-refractivity contribution is 0.0945. The number of fused-ring (bicyclic) bond motifs is 1. The average Bonchev–Trinajstić information content (AvgIpc) is 3.44. The number of hydrogen-bond acceptors (Lipinski definition) is 7. The fourth-order valence-electron chi connectivity index (χ4n) is 3.15. The molecule has 160 valence electrons. The molecule has 4 rings (SSSR count). The van der Waals surface area contributed by atoms with Gasteiger partial charge >= 0.3 is 5.69 Å². The molecule has 0 saturated heterocycles. The van der Waals surface area contributed by atoms with Crippen molar-refractivity contribution in [1.29, 1.82) is 0 Å². The maximum Gasteiger partial charge on any atom is 0.332 e. The zero-order valence-corrected chi connectivity index (χ0v) is 17.1. The van der Waals surface area contributed by atoms with E-state index in [1.54, 1.807) is 44.5 Å². The second-order valence-electron chi connectivity index (χ2n) is 6.90. The number of aryl methyl sites for hydroxylation is 1. The Hall–Kier alpha value is -4.15. The van der Waals surface area contributed by atoms with E-state index in [9.17, 15) is 14.4 Å². The number of carbonyl (C=O) groups is 1. The van der Waals surface area contributed by atoms with Crippen LogP contribution in [0.4, 0.5) is 0 Å². The molecule has 0 bridgehead atoms. The van der Waals surface area contributed by atoms with Gasteiger partial charge in [0.05, 0.1) is 7.11 Å². The minimum Gasteiger partial charge on any atom is -0.497 e. The van der Waals surface area contributed by atoms with Crippen molar-refractivity contribution < 1.29 is 14.1 Å². The van der Waals surface area contributed by atoms with Crippen LogP contribution in [0.2, 0.25) is 0 Å². The van der Waals surface area contributed by atoms with Gasteiger partial charge in [0, 0.05) is 38.7 Å². The number of rotatable bonds is 6. The van der Waals surface area contributed by atoms with Crippen LogP contribution in [0, 0.1) is 0 Å². The summed E-state index contributed by atoms with van der Waals surface area (Å²) in [6, 6.07) is 8.74. The van der Waals surface area contributed by atoms with Gasteiger partial charge in [-0.25, -0.2) is 9.78 Å². The lowest BCUT2D eigenvalue weighted by Crippen LogP contribution is -2.36. The van der Waals surface area contributed by atoms with Crippen molar-refractivity contribution in [3.63, 3.8) is 0 Å². The maximum absolute atomic E-state index is 12.4. The molecular formula is C20H20N6O5. The number of aromatic nitrogens is 5. The molecule has 3 heterocycles. The van der Waals surface area contributed by atoms with Crippen LogP contribution in [0.25, 0.3) is 22.5 Å². The number of methoxy groups -OCH3 is 1. The van der Waals surface area contributed by atoms with Crippen LogP contribution in [0.5, 0.6) is 5.75 Å². The second kappa shape index (κ2) is 7.94. The van der Waals surface area contributed by atoms with E-state index in [-0.39, 0.29) is 23.4 Å². The van der Waals surface area contributed by atoms with E-state index in [2.05, 4.69) is 20.4 Å². The van der Waals surface area contributed by atoms with Crippen LogP contribution >= 0.6 is 0 Å². The minimum atomic E-state index is -0.456. The highest BCUT2D eigenvalue weighted by Crippen LogP contribution is 2.23. The van der Waals surface area contributed by atoms with E-state index >= 15 is 0 Å². The van der Waals surface area contributed by atoms with Crippen LogP contribution in [0.1, 0.15) is 16.3 Å². The summed E-state index contributed by atoms with van der Waals surface area (Å²) < 4.78 is 12.7. The molecule has 31 heavy (non-hydrogen) atoms. The van der Waals surface area contributed by atoms with Crippen LogP contribution in [-0.4, -0.2) is 43.8 Å². The number of nitrogens with one attached hydrogen (secondary N) is 2. The number of carbonyl (C=O) groups excluding carboxylic acids is 1. The number of hydrogen-bond donors (Lipinski definition) is 2. The Morgan fingerprint density at radius 1 is 1.19 bits per heavy atom.